The molecule has 2 aliphatic rings. The van der Waals surface area contributed by atoms with Crippen LogP contribution in [0.15, 0.2) is 9.85 Å². The maximum Gasteiger partial charge on any atom is 0.235 e. The van der Waals surface area contributed by atoms with Gasteiger partial charge in [-0.25, -0.2) is 0 Å². The zero-order valence-corrected chi connectivity index (χ0v) is 17.2. The van der Waals surface area contributed by atoms with Gasteiger partial charge in [-0.05, 0) is 19.8 Å². The van der Waals surface area contributed by atoms with Crippen molar-refractivity contribution in [3.8, 4) is 0 Å². The summed E-state index contributed by atoms with van der Waals surface area (Å²) in [6.07, 6.45) is 4.74. The fourth-order valence-corrected chi connectivity index (χ4v) is 5.37. The zero-order chi connectivity index (χ0) is 18.6. The molecular formula is C17H25N7OS2. The summed E-state index contributed by atoms with van der Waals surface area (Å²) in [5, 5.41) is 16.5. The van der Waals surface area contributed by atoms with Crippen molar-refractivity contribution in [2.75, 3.05) is 26.2 Å². The Morgan fingerprint density at radius 2 is 2.00 bits per heavy atom. The van der Waals surface area contributed by atoms with Crippen molar-refractivity contribution in [3.05, 3.63) is 17.2 Å². The van der Waals surface area contributed by atoms with Gasteiger partial charge in [0.15, 0.2) is 4.34 Å². The van der Waals surface area contributed by atoms with Crippen molar-refractivity contribution in [1.29, 1.82) is 0 Å². The summed E-state index contributed by atoms with van der Waals surface area (Å²) in [6.45, 7) is 7.10. The number of aromatic nitrogens is 5. The number of piperazine rings is 1. The van der Waals surface area contributed by atoms with Crippen LogP contribution < -0.4 is 0 Å². The molecule has 1 atom stereocenters. The summed E-state index contributed by atoms with van der Waals surface area (Å²) in [4.78, 5) is 17.0. The lowest BCUT2D eigenvalue weighted by atomic mass is 10.2. The molecule has 0 saturated carbocycles. The van der Waals surface area contributed by atoms with E-state index in [1.54, 1.807) is 5.51 Å². The van der Waals surface area contributed by atoms with Gasteiger partial charge in [-0.3, -0.25) is 9.69 Å². The molecule has 1 amide bonds. The standard InChI is InChI=1S/C17H25N7OS2/c1-13(27-17-21-18-12-26-17)16(25)23-9-7-22(8-10-23)11-15-20-19-14-5-3-2-4-6-24(14)15/h12-13H,2-11H2,1H3. The minimum absolute atomic E-state index is 0.128. The second-order valence-corrected chi connectivity index (χ2v) is 9.48. The number of rotatable bonds is 5. The maximum absolute atomic E-state index is 12.7. The molecule has 0 aliphatic carbocycles. The molecule has 0 aromatic carbocycles. The molecule has 27 heavy (non-hydrogen) atoms. The largest absolute Gasteiger partial charge is 0.339 e. The molecule has 0 spiro atoms. The first-order valence-corrected chi connectivity index (χ1v) is 11.3. The molecule has 146 valence electrons. The molecule has 0 radical (unpaired) electrons. The van der Waals surface area contributed by atoms with Crippen LogP contribution >= 0.6 is 23.1 Å². The summed E-state index contributed by atoms with van der Waals surface area (Å²) in [5.41, 5.74) is 1.70. The van der Waals surface area contributed by atoms with Crippen molar-refractivity contribution in [2.24, 2.45) is 0 Å². The Morgan fingerprint density at radius 1 is 1.15 bits per heavy atom. The number of nitrogens with zero attached hydrogens (tertiary/aromatic N) is 7. The number of hydrogen-bond acceptors (Lipinski definition) is 8. The average Bonchev–Trinajstić information content (AvgIpc) is 3.26. The lowest BCUT2D eigenvalue weighted by molar-refractivity contribution is -0.132. The van der Waals surface area contributed by atoms with Gasteiger partial charge in [-0.1, -0.05) is 29.5 Å². The van der Waals surface area contributed by atoms with Gasteiger partial charge in [-0.2, -0.15) is 0 Å². The van der Waals surface area contributed by atoms with E-state index in [2.05, 4.69) is 29.9 Å². The molecule has 2 aliphatic heterocycles. The third-order valence-corrected chi connectivity index (χ3v) is 7.10. The number of amides is 1. The first-order chi connectivity index (χ1) is 13.2. The van der Waals surface area contributed by atoms with E-state index in [4.69, 9.17) is 0 Å². The van der Waals surface area contributed by atoms with Crippen LogP contribution in [-0.4, -0.2) is 72.1 Å². The van der Waals surface area contributed by atoms with Crippen LogP contribution in [0.2, 0.25) is 0 Å². The highest BCUT2D eigenvalue weighted by atomic mass is 32.2. The van der Waals surface area contributed by atoms with Gasteiger partial charge in [0.05, 0.1) is 11.8 Å². The molecule has 1 unspecified atom stereocenters. The van der Waals surface area contributed by atoms with E-state index in [1.165, 1.54) is 42.4 Å². The second-order valence-electron chi connectivity index (χ2n) is 7.06. The molecule has 1 saturated heterocycles. The van der Waals surface area contributed by atoms with Gasteiger partial charge in [0, 0.05) is 39.1 Å². The predicted octanol–water partition coefficient (Wildman–Crippen LogP) is 1.68. The van der Waals surface area contributed by atoms with Crippen LogP contribution in [0.1, 0.15) is 37.8 Å². The van der Waals surface area contributed by atoms with Crippen molar-refractivity contribution < 1.29 is 4.79 Å². The van der Waals surface area contributed by atoms with Crippen LogP contribution in [0.25, 0.3) is 0 Å². The van der Waals surface area contributed by atoms with Crippen LogP contribution in [-0.2, 0) is 24.3 Å². The topological polar surface area (TPSA) is 80.0 Å². The molecule has 2 aromatic heterocycles. The summed E-state index contributed by atoms with van der Waals surface area (Å²) >= 11 is 2.97. The average molecular weight is 408 g/mol. The lowest BCUT2D eigenvalue weighted by Gasteiger charge is -2.35. The smallest absolute Gasteiger partial charge is 0.235 e. The summed E-state index contributed by atoms with van der Waals surface area (Å²) < 4.78 is 3.16. The highest BCUT2D eigenvalue weighted by Crippen LogP contribution is 2.25. The van der Waals surface area contributed by atoms with E-state index in [0.717, 1.165) is 61.7 Å². The minimum atomic E-state index is -0.128. The van der Waals surface area contributed by atoms with Crippen molar-refractivity contribution in [2.45, 2.75) is 55.3 Å². The SMILES string of the molecule is CC(Sc1nncs1)C(=O)N1CCN(Cc2nnc3n2CCCCC3)CC1. The van der Waals surface area contributed by atoms with E-state index in [0.29, 0.717) is 0 Å². The van der Waals surface area contributed by atoms with Crippen molar-refractivity contribution in [1.82, 2.24) is 34.8 Å². The van der Waals surface area contributed by atoms with Gasteiger partial charge in [0.2, 0.25) is 5.91 Å². The second kappa shape index (κ2) is 8.66. The number of carbonyl (C=O) groups excluding carboxylic acids is 1. The Balaban J connectivity index is 1.29. The molecule has 4 heterocycles. The number of aryl methyl sites for hydroxylation is 1. The predicted molar refractivity (Wildman–Crippen MR) is 105 cm³/mol. The normalized spacial score (nSPS) is 19.5. The Kier molecular flexibility index (Phi) is 6.04. The quantitative estimate of drug-likeness (QED) is 0.698. The van der Waals surface area contributed by atoms with E-state index in [-0.39, 0.29) is 11.2 Å². The van der Waals surface area contributed by atoms with Gasteiger partial charge < -0.3 is 9.47 Å². The number of thioether (sulfide) groups is 1. The monoisotopic (exact) mass is 407 g/mol. The summed E-state index contributed by atoms with van der Waals surface area (Å²) in [5.74, 6) is 2.40. The van der Waals surface area contributed by atoms with Gasteiger partial charge >= 0.3 is 0 Å². The number of carbonyl (C=O) groups is 1. The minimum Gasteiger partial charge on any atom is -0.339 e. The van der Waals surface area contributed by atoms with Crippen molar-refractivity contribution in [3.63, 3.8) is 0 Å². The van der Waals surface area contributed by atoms with Crippen LogP contribution in [0.4, 0.5) is 0 Å². The Bertz CT molecular complexity index is 755. The molecular weight excluding hydrogens is 382 g/mol. The van der Waals surface area contributed by atoms with Crippen LogP contribution in [0.3, 0.4) is 0 Å². The third-order valence-electron chi connectivity index (χ3n) is 5.20. The fraction of sp³-hybridized carbons (Fsp3) is 0.706. The van der Waals surface area contributed by atoms with E-state index >= 15 is 0 Å². The number of hydrogen-bond donors (Lipinski definition) is 0. The Hall–Kier alpha value is -1.52. The molecule has 1 fully saturated rings. The summed E-state index contributed by atoms with van der Waals surface area (Å²) in [7, 11) is 0. The van der Waals surface area contributed by atoms with Gasteiger partial charge in [-0.15, -0.1) is 20.4 Å². The first kappa shape index (κ1) is 18.8. The number of fused-ring (bicyclic) bond motifs is 1. The van der Waals surface area contributed by atoms with Crippen LogP contribution in [0, 0.1) is 0 Å². The van der Waals surface area contributed by atoms with Crippen molar-refractivity contribution >= 4 is 29.0 Å². The Labute approximate surface area is 167 Å². The molecule has 10 heteroatoms. The van der Waals surface area contributed by atoms with Gasteiger partial charge in [0.25, 0.3) is 0 Å². The first-order valence-electron chi connectivity index (χ1n) is 9.55. The maximum atomic E-state index is 12.7. The van der Waals surface area contributed by atoms with Crippen LogP contribution in [0.5, 0.6) is 0 Å². The Morgan fingerprint density at radius 3 is 2.78 bits per heavy atom. The van der Waals surface area contributed by atoms with Gasteiger partial charge in [0.1, 0.15) is 17.2 Å². The molecule has 4 rings (SSSR count). The van der Waals surface area contributed by atoms with E-state index in [1.807, 2.05) is 11.8 Å². The highest BCUT2D eigenvalue weighted by molar-refractivity contribution is 8.02. The summed E-state index contributed by atoms with van der Waals surface area (Å²) in [6, 6.07) is 0. The van der Waals surface area contributed by atoms with E-state index in [9.17, 15) is 4.79 Å². The highest BCUT2D eigenvalue weighted by Gasteiger charge is 2.27. The third kappa shape index (κ3) is 4.49. The molecule has 0 bridgehead atoms. The molecule has 2 aromatic rings. The molecule has 0 N–H and O–H groups in total. The fourth-order valence-electron chi connectivity index (χ4n) is 3.66. The van der Waals surface area contributed by atoms with E-state index < -0.39 is 0 Å². The zero-order valence-electron chi connectivity index (χ0n) is 15.6. The molecule has 8 nitrogen and oxygen atoms in total. The lowest BCUT2D eigenvalue weighted by Crippen LogP contribution is -2.50.